The Kier molecular flexibility index (Phi) is 4.20. The van der Waals surface area contributed by atoms with Gasteiger partial charge in [0.2, 0.25) is 0 Å². The number of carbonyl (C=O) groups excluding carboxylic acids is 1. The second-order valence-corrected chi connectivity index (χ2v) is 5.52. The normalized spacial score (nSPS) is 19.7. The zero-order chi connectivity index (χ0) is 16.4. The minimum Gasteiger partial charge on any atom is -0.369 e. The second-order valence-electron chi connectivity index (χ2n) is 5.52. The van der Waals surface area contributed by atoms with E-state index in [1.807, 2.05) is 0 Å². The number of hydrazone groups is 1. The van der Waals surface area contributed by atoms with E-state index in [1.165, 1.54) is 19.1 Å². The summed E-state index contributed by atoms with van der Waals surface area (Å²) in [6.45, 7) is 4.87. The molecule has 0 spiro atoms. The van der Waals surface area contributed by atoms with Crippen LogP contribution in [0.4, 0.5) is 10.1 Å². The first-order valence-corrected chi connectivity index (χ1v) is 7.47. The second kappa shape index (κ2) is 6.29. The SMILES string of the molecule is CC(=O)/C=C1/NN=C(c2cc(N3CCNCC3)ccc2F)C1=N. The Bertz CT molecular complexity index is 719. The molecule has 2 aliphatic heterocycles. The van der Waals surface area contributed by atoms with E-state index >= 15 is 0 Å². The number of rotatable bonds is 3. The van der Waals surface area contributed by atoms with Crippen LogP contribution in [0.15, 0.2) is 35.1 Å². The first-order valence-electron chi connectivity index (χ1n) is 7.47. The van der Waals surface area contributed by atoms with Crippen molar-refractivity contribution < 1.29 is 9.18 Å². The molecule has 23 heavy (non-hydrogen) atoms. The number of ketones is 1. The summed E-state index contributed by atoms with van der Waals surface area (Å²) < 4.78 is 14.2. The Morgan fingerprint density at radius 2 is 2.13 bits per heavy atom. The molecule has 120 valence electrons. The van der Waals surface area contributed by atoms with E-state index in [4.69, 9.17) is 5.41 Å². The molecule has 3 rings (SSSR count). The molecule has 0 atom stereocenters. The van der Waals surface area contributed by atoms with Crippen LogP contribution >= 0.6 is 0 Å². The largest absolute Gasteiger partial charge is 0.369 e. The van der Waals surface area contributed by atoms with Crippen molar-refractivity contribution >= 4 is 22.9 Å². The number of hydrogen-bond donors (Lipinski definition) is 3. The van der Waals surface area contributed by atoms with Crippen molar-refractivity contribution in [2.45, 2.75) is 6.92 Å². The topological polar surface area (TPSA) is 80.6 Å². The van der Waals surface area contributed by atoms with Gasteiger partial charge in [-0.2, -0.15) is 5.10 Å². The molecule has 0 amide bonds. The Labute approximate surface area is 133 Å². The Hall–Kier alpha value is -2.54. The molecule has 2 aliphatic rings. The van der Waals surface area contributed by atoms with Crippen LogP contribution in [-0.4, -0.2) is 43.4 Å². The molecule has 1 saturated heterocycles. The maximum atomic E-state index is 14.2. The first kappa shape index (κ1) is 15.4. The van der Waals surface area contributed by atoms with Crippen molar-refractivity contribution in [3.05, 3.63) is 41.4 Å². The average Bonchev–Trinajstić information content (AvgIpc) is 2.89. The molecule has 2 heterocycles. The molecule has 0 aromatic heterocycles. The van der Waals surface area contributed by atoms with E-state index in [1.54, 1.807) is 12.1 Å². The number of piperazine rings is 1. The lowest BCUT2D eigenvalue weighted by Crippen LogP contribution is -2.43. The fraction of sp³-hybridized carbons (Fsp3) is 0.312. The third-order valence-electron chi connectivity index (χ3n) is 3.83. The van der Waals surface area contributed by atoms with Crippen molar-refractivity contribution in [2.24, 2.45) is 5.10 Å². The molecule has 0 aliphatic carbocycles. The number of allylic oxidation sites excluding steroid dienone is 2. The van der Waals surface area contributed by atoms with Crippen LogP contribution < -0.4 is 15.6 Å². The van der Waals surface area contributed by atoms with Crippen molar-refractivity contribution in [3.63, 3.8) is 0 Å². The Morgan fingerprint density at radius 3 is 2.83 bits per heavy atom. The number of nitrogens with one attached hydrogen (secondary N) is 3. The molecule has 6 nitrogen and oxygen atoms in total. The third-order valence-corrected chi connectivity index (χ3v) is 3.83. The molecule has 3 N–H and O–H groups in total. The predicted octanol–water partition coefficient (Wildman–Crippen LogP) is 1.04. The van der Waals surface area contributed by atoms with E-state index in [-0.39, 0.29) is 22.8 Å². The summed E-state index contributed by atoms with van der Waals surface area (Å²) in [5.41, 5.74) is 4.33. The quantitative estimate of drug-likeness (QED) is 0.728. The van der Waals surface area contributed by atoms with Gasteiger partial charge in [-0.25, -0.2) is 4.39 Å². The summed E-state index contributed by atoms with van der Waals surface area (Å²) in [6.07, 6.45) is 1.29. The van der Waals surface area contributed by atoms with Gasteiger partial charge in [0.05, 0.1) is 5.70 Å². The van der Waals surface area contributed by atoms with Gasteiger partial charge in [-0.15, -0.1) is 0 Å². The van der Waals surface area contributed by atoms with Gasteiger partial charge >= 0.3 is 0 Å². The van der Waals surface area contributed by atoms with Gasteiger partial charge in [-0.1, -0.05) is 0 Å². The number of hydrogen-bond acceptors (Lipinski definition) is 6. The van der Waals surface area contributed by atoms with Gasteiger partial charge in [-0.05, 0) is 25.1 Å². The third kappa shape index (κ3) is 3.14. The van der Waals surface area contributed by atoms with Crippen LogP contribution in [0.1, 0.15) is 12.5 Å². The van der Waals surface area contributed by atoms with Crippen LogP contribution in [0.2, 0.25) is 0 Å². The predicted molar refractivity (Wildman–Crippen MR) is 87.6 cm³/mol. The molecule has 0 bridgehead atoms. The smallest absolute Gasteiger partial charge is 0.154 e. The summed E-state index contributed by atoms with van der Waals surface area (Å²) in [6, 6.07) is 4.85. The van der Waals surface area contributed by atoms with Gasteiger partial charge < -0.3 is 10.2 Å². The Morgan fingerprint density at radius 1 is 1.39 bits per heavy atom. The highest BCUT2D eigenvalue weighted by molar-refractivity contribution is 6.54. The molecule has 0 saturated carbocycles. The number of benzene rings is 1. The van der Waals surface area contributed by atoms with Crippen LogP contribution in [-0.2, 0) is 4.79 Å². The van der Waals surface area contributed by atoms with Crippen molar-refractivity contribution in [2.75, 3.05) is 31.1 Å². The van der Waals surface area contributed by atoms with Crippen molar-refractivity contribution in [3.8, 4) is 0 Å². The number of carbonyl (C=O) groups is 1. The van der Waals surface area contributed by atoms with Crippen LogP contribution in [0.25, 0.3) is 0 Å². The van der Waals surface area contributed by atoms with Gasteiger partial charge in [0, 0.05) is 43.5 Å². The summed E-state index contributed by atoms with van der Waals surface area (Å²) >= 11 is 0. The molecule has 1 aromatic carbocycles. The molecule has 1 aromatic rings. The maximum absolute atomic E-state index is 14.2. The zero-order valence-corrected chi connectivity index (χ0v) is 12.8. The lowest BCUT2D eigenvalue weighted by molar-refractivity contribution is -0.112. The van der Waals surface area contributed by atoms with Gasteiger partial charge in [-0.3, -0.25) is 15.6 Å². The fourth-order valence-electron chi connectivity index (χ4n) is 2.67. The molecule has 7 heteroatoms. The monoisotopic (exact) mass is 315 g/mol. The minimum atomic E-state index is -0.432. The lowest BCUT2D eigenvalue weighted by atomic mass is 10.0. The minimum absolute atomic E-state index is 0.0246. The number of halogens is 1. The highest BCUT2D eigenvalue weighted by Gasteiger charge is 2.25. The molecule has 0 radical (unpaired) electrons. The lowest BCUT2D eigenvalue weighted by Gasteiger charge is -2.29. The Balaban J connectivity index is 1.91. The molecular weight excluding hydrogens is 297 g/mol. The average molecular weight is 315 g/mol. The summed E-state index contributed by atoms with van der Waals surface area (Å²) in [5.74, 6) is -0.623. The van der Waals surface area contributed by atoms with E-state index in [9.17, 15) is 9.18 Å². The number of anilines is 1. The zero-order valence-electron chi connectivity index (χ0n) is 12.8. The molecular formula is C16H18FN5O. The summed E-state index contributed by atoms with van der Waals surface area (Å²) in [7, 11) is 0. The standard InChI is InChI=1S/C16H18FN5O/c1-10(23)8-14-15(18)16(21-20-14)12-9-11(2-3-13(12)17)22-6-4-19-5-7-22/h2-3,8-9,18-20H,4-7H2,1H3/b14-8+,18-15?. The van der Waals surface area contributed by atoms with Crippen molar-refractivity contribution in [1.82, 2.24) is 10.7 Å². The van der Waals surface area contributed by atoms with E-state index in [2.05, 4.69) is 20.7 Å². The van der Waals surface area contributed by atoms with Crippen LogP contribution in [0.3, 0.4) is 0 Å². The van der Waals surface area contributed by atoms with Gasteiger partial charge in [0.1, 0.15) is 17.2 Å². The van der Waals surface area contributed by atoms with Gasteiger partial charge in [0.15, 0.2) is 5.78 Å². The first-order chi connectivity index (χ1) is 11.1. The highest BCUT2D eigenvalue weighted by atomic mass is 19.1. The fourth-order valence-corrected chi connectivity index (χ4v) is 2.67. The van der Waals surface area contributed by atoms with Crippen molar-refractivity contribution in [1.29, 1.82) is 5.41 Å². The van der Waals surface area contributed by atoms with E-state index in [0.717, 1.165) is 31.9 Å². The molecule has 0 unspecified atom stereocenters. The summed E-state index contributed by atoms with van der Waals surface area (Å²) in [4.78, 5) is 13.3. The van der Waals surface area contributed by atoms with E-state index in [0.29, 0.717) is 5.70 Å². The molecule has 1 fully saturated rings. The summed E-state index contributed by atoms with van der Waals surface area (Å²) in [5, 5.41) is 15.4. The van der Waals surface area contributed by atoms with Gasteiger partial charge in [0.25, 0.3) is 0 Å². The maximum Gasteiger partial charge on any atom is 0.154 e. The van der Waals surface area contributed by atoms with Crippen LogP contribution in [0.5, 0.6) is 0 Å². The highest BCUT2D eigenvalue weighted by Crippen LogP contribution is 2.22. The number of nitrogens with zero attached hydrogens (tertiary/aromatic N) is 2. The van der Waals surface area contributed by atoms with Crippen LogP contribution in [0, 0.1) is 11.2 Å². The van der Waals surface area contributed by atoms with E-state index < -0.39 is 5.82 Å².